The lowest BCUT2D eigenvalue weighted by atomic mass is 10.0. The molecule has 2 amide bonds. The van der Waals surface area contributed by atoms with Gasteiger partial charge in [-0.25, -0.2) is 0 Å². The van der Waals surface area contributed by atoms with Crippen LogP contribution in [0.15, 0.2) is 103 Å². The Balaban J connectivity index is 1.38. The molecular weight excluding hydrogens is 699 g/mol. The number of anilines is 1. The van der Waals surface area contributed by atoms with E-state index in [0.717, 1.165) is 47.6 Å². The van der Waals surface area contributed by atoms with Gasteiger partial charge in [0.2, 0.25) is 11.8 Å². The van der Waals surface area contributed by atoms with Crippen molar-refractivity contribution in [1.82, 2.24) is 9.80 Å². The number of likely N-dealkylation sites (N-methyl/N-ethyl adjacent to an activating group) is 1. The normalized spacial score (nSPS) is 13.8. The average molecular weight is 746 g/mol. The number of morpholine rings is 1. The highest BCUT2D eigenvalue weighted by atomic mass is 19.4. The summed E-state index contributed by atoms with van der Waals surface area (Å²) in [6.45, 7) is 3.70. The topological polar surface area (TPSA) is 80.8 Å². The van der Waals surface area contributed by atoms with Crippen LogP contribution in [0.4, 0.5) is 18.9 Å². The second-order valence-electron chi connectivity index (χ2n) is 12.9. The molecule has 0 aliphatic carbocycles. The molecule has 9 nitrogen and oxygen atoms in total. The fourth-order valence-corrected chi connectivity index (χ4v) is 6.09. The lowest BCUT2D eigenvalue weighted by Crippen LogP contribution is -2.51. The van der Waals surface area contributed by atoms with Crippen LogP contribution in [0.1, 0.15) is 27.8 Å². The Kier molecular flexibility index (Phi) is 14.1. The first-order chi connectivity index (χ1) is 26.0. The molecule has 1 atom stereocenters. The highest BCUT2D eigenvalue weighted by molar-refractivity contribution is 5.95. The fraction of sp³-hybridized carbons (Fsp3) is 0.333. The van der Waals surface area contributed by atoms with Gasteiger partial charge < -0.3 is 33.6 Å². The van der Waals surface area contributed by atoms with Crippen molar-refractivity contribution in [2.45, 2.75) is 31.8 Å². The zero-order valence-corrected chi connectivity index (χ0v) is 30.8. The van der Waals surface area contributed by atoms with Crippen molar-refractivity contribution in [2.75, 3.05) is 65.6 Å². The highest BCUT2D eigenvalue weighted by Crippen LogP contribution is 2.29. The number of halogens is 3. The summed E-state index contributed by atoms with van der Waals surface area (Å²) in [6, 6.07) is 26.5. The van der Waals surface area contributed by atoms with Gasteiger partial charge in [0.15, 0.2) is 0 Å². The monoisotopic (exact) mass is 745 g/mol. The summed E-state index contributed by atoms with van der Waals surface area (Å²) in [4.78, 5) is 33.9. The number of hydrogen-bond donors (Lipinski definition) is 0. The van der Waals surface area contributed by atoms with Gasteiger partial charge in [-0.2, -0.15) is 13.2 Å². The molecule has 0 bridgehead atoms. The van der Waals surface area contributed by atoms with Crippen LogP contribution in [0.2, 0.25) is 0 Å². The molecule has 1 heterocycles. The molecule has 54 heavy (non-hydrogen) atoms. The molecule has 5 rings (SSSR count). The summed E-state index contributed by atoms with van der Waals surface area (Å²) in [5, 5.41) is 0. The first-order valence-corrected chi connectivity index (χ1v) is 17.7. The zero-order chi connectivity index (χ0) is 38.5. The van der Waals surface area contributed by atoms with Crippen molar-refractivity contribution >= 4 is 23.6 Å². The molecule has 1 aliphatic heterocycles. The first kappa shape index (κ1) is 39.9. The number of benzene rings is 4. The van der Waals surface area contributed by atoms with Crippen molar-refractivity contribution in [3.63, 3.8) is 0 Å². The van der Waals surface area contributed by atoms with E-state index in [-0.39, 0.29) is 38.6 Å². The number of methoxy groups -OCH3 is 2. The van der Waals surface area contributed by atoms with Crippen molar-refractivity contribution < 1.29 is 41.7 Å². The van der Waals surface area contributed by atoms with Crippen LogP contribution in [0, 0.1) is 0 Å². The van der Waals surface area contributed by atoms with Gasteiger partial charge in [-0.15, -0.1) is 0 Å². The van der Waals surface area contributed by atoms with Gasteiger partial charge in [0.05, 0.1) is 46.2 Å². The van der Waals surface area contributed by atoms with Crippen LogP contribution in [0.3, 0.4) is 0 Å². The number of hydrogen-bond acceptors (Lipinski definition) is 7. The van der Waals surface area contributed by atoms with Crippen molar-refractivity contribution in [2.24, 2.45) is 0 Å². The molecule has 0 spiro atoms. The van der Waals surface area contributed by atoms with Crippen LogP contribution < -0.4 is 14.4 Å². The van der Waals surface area contributed by atoms with E-state index in [9.17, 15) is 22.8 Å². The Bertz CT molecular complexity index is 1810. The second-order valence-corrected chi connectivity index (χ2v) is 12.9. The van der Waals surface area contributed by atoms with E-state index in [2.05, 4.69) is 4.90 Å². The lowest BCUT2D eigenvalue weighted by molar-refractivity contribution is -0.143. The van der Waals surface area contributed by atoms with Crippen molar-refractivity contribution in [3.05, 3.63) is 131 Å². The molecule has 12 heteroatoms. The molecule has 0 saturated carbocycles. The minimum absolute atomic E-state index is 0.116. The van der Waals surface area contributed by atoms with Gasteiger partial charge in [-0.1, -0.05) is 54.6 Å². The Morgan fingerprint density at radius 2 is 1.50 bits per heavy atom. The summed E-state index contributed by atoms with van der Waals surface area (Å²) in [5.74, 6) is 0.526. The van der Waals surface area contributed by atoms with Crippen LogP contribution in [-0.4, -0.2) is 88.4 Å². The van der Waals surface area contributed by atoms with E-state index in [0.29, 0.717) is 30.3 Å². The molecule has 0 radical (unpaired) electrons. The van der Waals surface area contributed by atoms with Crippen molar-refractivity contribution in [1.29, 1.82) is 0 Å². The summed E-state index contributed by atoms with van der Waals surface area (Å²) in [7, 11) is 4.83. The summed E-state index contributed by atoms with van der Waals surface area (Å²) in [6.07, 6.45) is -1.47. The maximum absolute atomic E-state index is 14.4. The van der Waals surface area contributed by atoms with Gasteiger partial charge >= 0.3 is 6.18 Å². The van der Waals surface area contributed by atoms with Crippen LogP contribution >= 0.6 is 0 Å². The lowest BCUT2D eigenvalue weighted by Gasteiger charge is -2.33. The van der Waals surface area contributed by atoms with E-state index in [1.165, 1.54) is 29.2 Å². The molecular formula is C42H46F3N3O6. The largest absolute Gasteiger partial charge is 0.497 e. The van der Waals surface area contributed by atoms with Crippen molar-refractivity contribution in [3.8, 4) is 11.5 Å². The number of amides is 2. The van der Waals surface area contributed by atoms with E-state index < -0.39 is 23.7 Å². The molecule has 0 aromatic heterocycles. The van der Waals surface area contributed by atoms with Gasteiger partial charge in [0.25, 0.3) is 0 Å². The van der Waals surface area contributed by atoms with Crippen LogP contribution in [0.25, 0.3) is 6.08 Å². The molecule has 0 unspecified atom stereocenters. The Hall–Kier alpha value is -5.33. The highest BCUT2D eigenvalue weighted by Gasteiger charge is 2.32. The van der Waals surface area contributed by atoms with E-state index >= 15 is 0 Å². The maximum Gasteiger partial charge on any atom is 0.416 e. The Morgan fingerprint density at radius 1 is 0.852 bits per heavy atom. The summed E-state index contributed by atoms with van der Waals surface area (Å²) < 4.78 is 61.7. The van der Waals surface area contributed by atoms with E-state index in [1.54, 1.807) is 32.2 Å². The van der Waals surface area contributed by atoms with Gasteiger partial charge in [-0.3, -0.25) is 9.59 Å². The number of alkyl halides is 3. The number of rotatable bonds is 16. The smallest absolute Gasteiger partial charge is 0.416 e. The van der Waals surface area contributed by atoms with Gasteiger partial charge in [0, 0.05) is 57.5 Å². The molecule has 4 aromatic carbocycles. The Morgan fingerprint density at radius 3 is 2.11 bits per heavy atom. The van der Waals surface area contributed by atoms with Gasteiger partial charge in [0.1, 0.15) is 17.5 Å². The number of carbonyl (C=O) groups is 2. The first-order valence-electron chi connectivity index (χ1n) is 17.7. The third-order valence-electron chi connectivity index (χ3n) is 9.17. The number of ether oxygens (including phenoxy) is 4. The molecule has 0 N–H and O–H groups in total. The maximum atomic E-state index is 14.4. The number of nitrogens with zero attached hydrogens (tertiary/aromatic N) is 3. The van der Waals surface area contributed by atoms with Gasteiger partial charge in [-0.05, 0) is 64.7 Å². The molecule has 286 valence electrons. The predicted molar refractivity (Wildman–Crippen MR) is 201 cm³/mol. The minimum atomic E-state index is -4.48. The molecule has 1 fully saturated rings. The average Bonchev–Trinajstić information content (AvgIpc) is 3.20. The molecule has 1 saturated heterocycles. The van der Waals surface area contributed by atoms with E-state index in [1.807, 2.05) is 66.7 Å². The minimum Gasteiger partial charge on any atom is -0.497 e. The third-order valence-corrected chi connectivity index (χ3v) is 9.17. The fourth-order valence-electron chi connectivity index (χ4n) is 6.09. The standard InChI is InChI=1S/C42H46F3N3O6/c1-46(19-22-54-30-34-25-37(51-2)28-38(26-34)52-3)41(50)39(27-32-7-5-4-6-8-32)48(29-33-11-16-36(17-12-33)47-20-23-53-24-21-47)40(49)18-13-31-9-14-35(15-10-31)42(43,44)45/h4-18,25-26,28,39H,19-24,27,29-30H2,1-3H3/b18-13+/t39-/m0/s1. The molecule has 4 aromatic rings. The second kappa shape index (κ2) is 19.1. The molecule has 1 aliphatic rings. The van der Waals surface area contributed by atoms with Crippen LogP contribution in [0.5, 0.6) is 11.5 Å². The third kappa shape index (κ3) is 11.3. The Labute approximate surface area is 314 Å². The summed E-state index contributed by atoms with van der Waals surface area (Å²) >= 11 is 0. The summed E-state index contributed by atoms with van der Waals surface area (Å²) in [5.41, 5.74) is 3.19. The number of carbonyl (C=O) groups excluding carboxylic acids is 2. The SMILES string of the molecule is COc1cc(COCCN(C)C(=O)[C@H](Cc2ccccc2)N(Cc2ccc(N3CCOCC3)cc2)C(=O)/C=C/c2ccc(C(F)(F)F)cc2)cc(OC)c1. The quantitative estimate of drug-likeness (QED) is 0.0914. The van der Waals surface area contributed by atoms with Crippen LogP contribution in [-0.2, 0) is 44.8 Å². The zero-order valence-electron chi connectivity index (χ0n) is 30.8. The van der Waals surface area contributed by atoms with E-state index in [4.69, 9.17) is 18.9 Å². The predicted octanol–water partition coefficient (Wildman–Crippen LogP) is 6.89.